The van der Waals surface area contributed by atoms with Gasteiger partial charge >= 0.3 is 0 Å². The fourth-order valence-corrected chi connectivity index (χ4v) is 2.84. The maximum Gasteiger partial charge on any atom is 0.250 e. The SMILES string of the molecule is NC(=O)c1ccc(Oc2ccc(CCNCc3cccc(F)c3)cc2Cl)nc1. The summed E-state index contributed by atoms with van der Waals surface area (Å²) in [6.45, 7) is 1.32. The topological polar surface area (TPSA) is 77.2 Å². The second kappa shape index (κ2) is 9.30. The Hall–Kier alpha value is -2.96. The lowest BCUT2D eigenvalue weighted by molar-refractivity contribution is 0.1000. The number of ether oxygens (including phenoxy) is 1. The zero-order valence-corrected chi connectivity index (χ0v) is 15.7. The molecule has 0 saturated carbocycles. The number of nitrogens with two attached hydrogens (primary N) is 1. The van der Waals surface area contributed by atoms with Crippen LogP contribution in [-0.4, -0.2) is 17.4 Å². The van der Waals surface area contributed by atoms with Crippen molar-refractivity contribution in [2.75, 3.05) is 6.54 Å². The van der Waals surface area contributed by atoms with E-state index in [-0.39, 0.29) is 5.82 Å². The van der Waals surface area contributed by atoms with Crippen LogP contribution in [-0.2, 0) is 13.0 Å². The standard InChI is InChI=1S/C21H19ClFN3O2/c22-18-11-14(8-9-25-12-15-2-1-3-17(23)10-15)4-6-19(18)28-20-7-5-16(13-26-20)21(24)27/h1-7,10-11,13,25H,8-9,12H2,(H2,24,27). The fourth-order valence-electron chi connectivity index (χ4n) is 2.59. The van der Waals surface area contributed by atoms with Gasteiger partial charge in [0.05, 0.1) is 10.6 Å². The molecule has 5 nitrogen and oxygen atoms in total. The first-order valence-electron chi connectivity index (χ1n) is 8.68. The first-order valence-corrected chi connectivity index (χ1v) is 9.06. The van der Waals surface area contributed by atoms with Gasteiger partial charge < -0.3 is 15.8 Å². The number of benzene rings is 2. The van der Waals surface area contributed by atoms with Crippen LogP contribution in [0.25, 0.3) is 0 Å². The molecule has 0 spiro atoms. The number of primary amides is 1. The zero-order chi connectivity index (χ0) is 19.9. The third-order valence-corrected chi connectivity index (χ3v) is 4.34. The predicted octanol–water partition coefficient (Wildman–Crippen LogP) is 4.10. The summed E-state index contributed by atoms with van der Waals surface area (Å²) in [6, 6.07) is 15.1. The molecule has 3 rings (SSSR count). The van der Waals surface area contributed by atoms with Crippen LogP contribution in [0, 0.1) is 5.82 Å². The lowest BCUT2D eigenvalue weighted by Gasteiger charge is -2.09. The number of aromatic nitrogens is 1. The van der Waals surface area contributed by atoms with Crippen molar-refractivity contribution in [3.63, 3.8) is 0 Å². The number of nitrogens with zero attached hydrogens (tertiary/aromatic N) is 1. The number of amides is 1. The highest BCUT2D eigenvalue weighted by atomic mass is 35.5. The van der Waals surface area contributed by atoms with Gasteiger partial charge in [-0.2, -0.15) is 0 Å². The summed E-state index contributed by atoms with van der Waals surface area (Å²) < 4.78 is 18.8. The molecule has 1 heterocycles. The maximum atomic E-state index is 13.2. The molecule has 0 atom stereocenters. The maximum absolute atomic E-state index is 13.2. The summed E-state index contributed by atoms with van der Waals surface area (Å²) in [5.74, 6) is 0.00161. The molecule has 28 heavy (non-hydrogen) atoms. The molecule has 0 aliphatic rings. The van der Waals surface area contributed by atoms with E-state index >= 15 is 0 Å². The van der Waals surface area contributed by atoms with E-state index in [4.69, 9.17) is 22.1 Å². The summed E-state index contributed by atoms with van der Waals surface area (Å²) in [7, 11) is 0. The molecular formula is C21H19ClFN3O2. The second-order valence-corrected chi connectivity index (χ2v) is 6.58. The minimum absolute atomic E-state index is 0.236. The minimum Gasteiger partial charge on any atom is -0.437 e. The number of carbonyl (C=O) groups is 1. The fraction of sp³-hybridized carbons (Fsp3) is 0.143. The van der Waals surface area contributed by atoms with Crippen LogP contribution in [0.4, 0.5) is 4.39 Å². The van der Waals surface area contributed by atoms with Gasteiger partial charge in [-0.05, 0) is 54.4 Å². The molecule has 2 aromatic carbocycles. The van der Waals surface area contributed by atoms with Crippen molar-refractivity contribution in [1.29, 1.82) is 0 Å². The van der Waals surface area contributed by atoms with Crippen LogP contribution < -0.4 is 15.8 Å². The number of hydrogen-bond donors (Lipinski definition) is 2. The van der Waals surface area contributed by atoms with Gasteiger partial charge in [0.25, 0.3) is 0 Å². The Morgan fingerprint density at radius 2 is 2.00 bits per heavy atom. The highest BCUT2D eigenvalue weighted by Crippen LogP contribution is 2.29. The molecule has 0 radical (unpaired) electrons. The number of rotatable bonds is 8. The smallest absolute Gasteiger partial charge is 0.250 e. The Labute approximate surface area is 167 Å². The van der Waals surface area contributed by atoms with Crippen molar-refractivity contribution in [2.24, 2.45) is 5.73 Å². The van der Waals surface area contributed by atoms with Gasteiger partial charge in [-0.1, -0.05) is 29.8 Å². The summed E-state index contributed by atoms with van der Waals surface area (Å²) in [5, 5.41) is 3.74. The highest BCUT2D eigenvalue weighted by Gasteiger charge is 2.07. The molecule has 0 fully saturated rings. The van der Waals surface area contributed by atoms with Crippen LogP contribution in [0.3, 0.4) is 0 Å². The quantitative estimate of drug-likeness (QED) is 0.559. The highest BCUT2D eigenvalue weighted by molar-refractivity contribution is 6.32. The molecule has 0 saturated heterocycles. The lowest BCUT2D eigenvalue weighted by atomic mass is 10.1. The zero-order valence-electron chi connectivity index (χ0n) is 15.0. The molecule has 144 valence electrons. The molecule has 1 amide bonds. The van der Waals surface area contributed by atoms with Crippen molar-refractivity contribution >= 4 is 17.5 Å². The van der Waals surface area contributed by atoms with Crippen molar-refractivity contribution in [3.8, 4) is 11.6 Å². The Morgan fingerprint density at radius 3 is 2.68 bits per heavy atom. The van der Waals surface area contributed by atoms with Crippen molar-refractivity contribution in [1.82, 2.24) is 10.3 Å². The third kappa shape index (κ3) is 5.52. The number of nitrogens with one attached hydrogen (secondary N) is 1. The molecular weight excluding hydrogens is 381 g/mol. The van der Waals surface area contributed by atoms with Crippen LogP contribution in [0.5, 0.6) is 11.6 Å². The number of carbonyl (C=O) groups excluding carboxylic acids is 1. The largest absolute Gasteiger partial charge is 0.437 e. The van der Waals surface area contributed by atoms with Crippen LogP contribution in [0.2, 0.25) is 5.02 Å². The molecule has 1 aromatic heterocycles. The van der Waals surface area contributed by atoms with Crippen molar-refractivity contribution in [3.05, 3.63) is 88.3 Å². The molecule has 0 aliphatic heterocycles. The van der Waals surface area contributed by atoms with Gasteiger partial charge in [0.1, 0.15) is 11.6 Å². The van der Waals surface area contributed by atoms with Crippen LogP contribution in [0.15, 0.2) is 60.8 Å². The molecule has 3 aromatic rings. The Morgan fingerprint density at radius 1 is 1.14 bits per heavy atom. The van der Waals surface area contributed by atoms with Gasteiger partial charge in [-0.15, -0.1) is 0 Å². The minimum atomic E-state index is -0.549. The van der Waals surface area contributed by atoms with E-state index in [1.807, 2.05) is 18.2 Å². The molecule has 0 aliphatic carbocycles. The van der Waals surface area contributed by atoms with E-state index in [0.717, 1.165) is 24.1 Å². The number of halogens is 2. The first kappa shape index (κ1) is 19.8. The van der Waals surface area contributed by atoms with Gasteiger partial charge in [0, 0.05) is 18.8 Å². The van der Waals surface area contributed by atoms with E-state index in [2.05, 4.69) is 10.3 Å². The molecule has 0 unspecified atom stereocenters. The summed E-state index contributed by atoms with van der Waals surface area (Å²) >= 11 is 6.30. The van der Waals surface area contributed by atoms with Crippen molar-refractivity contribution < 1.29 is 13.9 Å². The van der Waals surface area contributed by atoms with Gasteiger partial charge in [0.2, 0.25) is 11.8 Å². The first-order chi connectivity index (χ1) is 13.5. The van der Waals surface area contributed by atoms with Gasteiger partial charge in [0.15, 0.2) is 0 Å². The Bertz CT molecular complexity index is 964. The summed E-state index contributed by atoms with van der Waals surface area (Å²) in [5.41, 5.74) is 7.43. The Kier molecular flexibility index (Phi) is 6.57. The molecule has 7 heteroatoms. The average Bonchev–Trinajstić information content (AvgIpc) is 2.68. The Balaban J connectivity index is 1.52. The third-order valence-electron chi connectivity index (χ3n) is 4.04. The van der Waals surface area contributed by atoms with Gasteiger partial charge in [-0.3, -0.25) is 4.79 Å². The number of pyridine rings is 1. The van der Waals surface area contributed by atoms with Gasteiger partial charge in [-0.25, -0.2) is 9.37 Å². The molecule has 3 N–H and O–H groups in total. The second-order valence-electron chi connectivity index (χ2n) is 6.17. The van der Waals surface area contributed by atoms with E-state index in [9.17, 15) is 9.18 Å². The normalized spacial score (nSPS) is 10.6. The van der Waals surface area contributed by atoms with Crippen molar-refractivity contribution in [2.45, 2.75) is 13.0 Å². The lowest BCUT2D eigenvalue weighted by Crippen LogP contribution is -2.16. The van der Waals surface area contributed by atoms with Crippen LogP contribution in [0.1, 0.15) is 21.5 Å². The predicted molar refractivity (Wildman–Crippen MR) is 106 cm³/mol. The van der Waals surface area contributed by atoms with E-state index in [1.54, 1.807) is 18.2 Å². The van der Waals surface area contributed by atoms with Crippen LogP contribution >= 0.6 is 11.6 Å². The average molecular weight is 400 g/mol. The monoisotopic (exact) mass is 399 g/mol. The molecule has 0 bridgehead atoms. The number of hydrogen-bond acceptors (Lipinski definition) is 4. The summed E-state index contributed by atoms with van der Waals surface area (Å²) in [4.78, 5) is 15.1. The van der Waals surface area contributed by atoms with E-state index in [0.29, 0.717) is 28.8 Å². The summed E-state index contributed by atoms with van der Waals surface area (Å²) in [6.07, 6.45) is 2.12. The van der Waals surface area contributed by atoms with E-state index < -0.39 is 5.91 Å². The van der Waals surface area contributed by atoms with E-state index in [1.165, 1.54) is 24.4 Å².